The van der Waals surface area contributed by atoms with E-state index in [2.05, 4.69) is 17.2 Å². The van der Waals surface area contributed by atoms with Gasteiger partial charge in [0, 0.05) is 32.5 Å². The van der Waals surface area contributed by atoms with E-state index in [-0.39, 0.29) is 5.75 Å². The maximum absolute atomic E-state index is 9.58. The van der Waals surface area contributed by atoms with Crippen LogP contribution in [0, 0.1) is 12.8 Å². The Morgan fingerprint density at radius 1 is 1.50 bits per heavy atom. The van der Waals surface area contributed by atoms with E-state index in [0.717, 1.165) is 18.8 Å². The molecule has 16 heavy (non-hydrogen) atoms. The average Bonchev–Trinajstić information content (AvgIpc) is 2.23. The molecule has 0 fully saturated rings. The molecule has 0 saturated carbocycles. The summed E-state index contributed by atoms with van der Waals surface area (Å²) in [6.07, 6.45) is 0. The van der Waals surface area contributed by atoms with Crippen LogP contribution in [-0.2, 0) is 11.3 Å². The van der Waals surface area contributed by atoms with Crippen molar-refractivity contribution in [3.8, 4) is 5.75 Å². The lowest BCUT2D eigenvalue weighted by Crippen LogP contribution is -2.23. The van der Waals surface area contributed by atoms with Gasteiger partial charge < -0.3 is 15.2 Å². The van der Waals surface area contributed by atoms with E-state index in [0.29, 0.717) is 18.2 Å². The van der Waals surface area contributed by atoms with Crippen LogP contribution in [0.2, 0.25) is 0 Å². The summed E-state index contributed by atoms with van der Waals surface area (Å²) in [6, 6.07) is 3.48. The molecule has 1 rings (SSSR count). The molecule has 1 heterocycles. The molecular weight excluding hydrogens is 204 g/mol. The average molecular weight is 224 g/mol. The van der Waals surface area contributed by atoms with Gasteiger partial charge >= 0.3 is 0 Å². The molecule has 1 unspecified atom stereocenters. The maximum Gasteiger partial charge on any atom is 0.138 e. The third kappa shape index (κ3) is 4.16. The fraction of sp³-hybridized carbons (Fsp3) is 0.583. The Kier molecular flexibility index (Phi) is 5.22. The molecule has 90 valence electrons. The van der Waals surface area contributed by atoms with Gasteiger partial charge in [0.2, 0.25) is 0 Å². The number of pyridine rings is 1. The Morgan fingerprint density at radius 3 is 2.94 bits per heavy atom. The van der Waals surface area contributed by atoms with Crippen LogP contribution in [0.3, 0.4) is 0 Å². The Bertz CT molecular complexity index is 329. The van der Waals surface area contributed by atoms with Crippen LogP contribution >= 0.6 is 0 Å². The van der Waals surface area contributed by atoms with Gasteiger partial charge in [0.15, 0.2) is 0 Å². The van der Waals surface area contributed by atoms with Crippen LogP contribution in [0.15, 0.2) is 12.1 Å². The molecule has 0 aliphatic rings. The molecule has 0 saturated heterocycles. The van der Waals surface area contributed by atoms with E-state index in [1.54, 1.807) is 19.2 Å². The number of hydrogen-bond acceptors (Lipinski definition) is 4. The third-order valence-electron chi connectivity index (χ3n) is 2.33. The summed E-state index contributed by atoms with van der Waals surface area (Å²) in [5.41, 5.74) is 1.61. The fourth-order valence-corrected chi connectivity index (χ4v) is 1.51. The molecule has 0 spiro atoms. The van der Waals surface area contributed by atoms with Crippen LogP contribution < -0.4 is 5.32 Å². The molecule has 0 amide bonds. The van der Waals surface area contributed by atoms with Crippen molar-refractivity contribution in [3.05, 3.63) is 23.5 Å². The molecule has 1 aromatic heterocycles. The number of hydrogen-bond donors (Lipinski definition) is 2. The number of rotatable bonds is 6. The van der Waals surface area contributed by atoms with Gasteiger partial charge in [-0.05, 0) is 25.0 Å². The second-order valence-electron chi connectivity index (χ2n) is 4.11. The smallest absolute Gasteiger partial charge is 0.138 e. The number of aromatic nitrogens is 1. The molecule has 0 aliphatic heterocycles. The Balaban J connectivity index is 2.39. The normalized spacial score (nSPS) is 12.7. The Hall–Kier alpha value is -1.13. The monoisotopic (exact) mass is 224 g/mol. The number of nitrogens with zero attached hydrogens (tertiary/aromatic N) is 1. The van der Waals surface area contributed by atoms with Crippen LogP contribution in [0.25, 0.3) is 0 Å². The second kappa shape index (κ2) is 6.45. The first kappa shape index (κ1) is 12.9. The maximum atomic E-state index is 9.58. The minimum atomic E-state index is 0.248. The summed E-state index contributed by atoms with van der Waals surface area (Å²) < 4.78 is 5.04. The topological polar surface area (TPSA) is 54.4 Å². The summed E-state index contributed by atoms with van der Waals surface area (Å²) in [7, 11) is 1.70. The number of aromatic hydroxyl groups is 1. The lowest BCUT2D eigenvalue weighted by atomic mass is 10.2. The quantitative estimate of drug-likeness (QED) is 0.768. The first-order valence-corrected chi connectivity index (χ1v) is 5.48. The highest BCUT2D eigenvalue weighted by atomic mass is 16.5. The summed E-state index contributed by atoms with van der Waals surface area (Å²) in [4.78, 5) is 4.27. The van der Waals surface area contributed by atoms with Crippen LogP contribution in [-0.4, -0.2) is 30.4 Å². The lowest BCUT2D eigenvalue weighted by molar-refractivity contribution is 0.158. The summed E-state index contributed by atoms with van der Waals surface area (Å²) in [5, 5.41) is 12.8. The summed E-state index contributed by atoms with van der Waals surface area (Å²) in [6.45, 7) is 6.20. The van der Waals surface area contributed by atoms with Gasteiger partial charge in [0.25, 0.3) is 0 Å². The van der Waals surface area contributed by atoms with E-state index >= 15 is 0 Å². The third-order valence-corrected chi connectivity index (χ3v) is 2.33. The molecule has 0 aliphatic carbocycles. The van der Waals surface area contributed by atoms with Gasteiger partial charge in [-0.25, -0.2) is 0 Å². The first-order valence-electron chi connectivity index (χ1n) is 5.48. The zero-order chi connectivity index (χ0) is 12.0. The van der Waals surface area contributed by atoms with E-state index in [9.17, 15) is 5.11 Å². The highest BCUT2D eigenvalue weighted by Crippen LogP contribution is 2.14. The second-order valence-corrected chi connectivity index (χ2v) is 4.11. The van der Waals surface area contributed by atoms with E-state index in [4.69, 9.17) is 4.74 Å². The molecule has 4 nitrogen and oxygen atoms in total. The molecule has 0 radical (unpaired) electrons. The molecule has 1 aromatic rings. The molecule has 0 aromatic carbocycles. The summed E-state index contributed by atoms with van der Waals surface area (Å²) in [5.74, 6) is 0.703. The van der Waals surface area contributed by atoms with Crippen molar-refractivity contribution in [2.24, 2.45) is 5.92 Å². The standard InChI is InChI=1S/C12H20N2O2/c1-9(8-16-3)6-13-7-11-12(15)5-4-10(2)14-11/h4-5,9,13,15H,6-8H2,1-3H3. The molecule has 1 atom stereocenters. The van der Waals surface area contributed by atoms with Gasteiger partial charge in [0.05, 0.1) is 5.69 Å². The van der Waals surface area contributed by atoms with Gasteiger partial charge in [-0.1, -0.05) is 6.92 Å². The minimum absolute atomic E-state index is 0.248. The number of ether oxygens (including phenoxy) is 1. The van der Waals surface area contributed by atoms with Gasteiger partial charge in [-0.3, -0.25) is 4.98 Å². The summed E-state index contributed by atoms with van der Waals surface area (Å²) >= 11 is 0. The van der Waals surface area contributed by atoms with Crippen LogP contribution in [0.5, 0.6) is 5.75 Å². The molecular formula is C12H20N2O2. The predicted molar refractivity (Wildman–Crippen MR) is 63.4 cm³/mol. The van der Waals surface area contributed by atoms with Crippen molar-refractivity contribution in [2.75, 3.05) is 20.3 Å². The van der Waals surface area contributed by atoms with Crippen molar-refractivity contribution in [3.63, 3.8) is 0 Å². The zero-order valence-corrected chi connectivity index (χ0v) is 10.2. The molecule has 4 heteroatoms. The number of aryl methyl sites for hydroxylation is 1. The molecule has 2 N–H and O–H groups in total. The van der Waals surface area contributed by atoms with Crippen molar-refractivity contribution in [2.45, 2.75) is 20.4 Å². The van der Waals surface area contributed by atoms with Gasteiger partial charge in [-0.15, -0.1) is 0 Å². The van der Waals surface area contributed by atoms with Crippen LogP contribution in [0.4, 0.5) is 0 Å². The van der Waals surface area contributed by atoms with Gasteiger partial charge in [-0.2, -0.15) is 0 Å². The van der Waals surface area contributed by atoms with Crippen LogP contribution in [0.1, 0.15) is 18.3 Å². The number of nitrogens with one attached hydrogen (secondary N) is 1. The highest BCUT2D eigenvalue weighted by molar-refractivity contribution is 5.27. The SMILES string of the molecule is COCC(C)CNCc1nc(C)ccc1O. The molecule has 0 bridgehead atoms. The van der Waals surface area contributed by atoms with E-state index in [1.165, 1.54) is 0 Å². The number of methoxy groups -OCH3 is 1. The lowest BCUT2D eigenvalue weighted by Gasteiger charge is -2.11. The Labute approximate surface area is 96.7 Å². The Morgan fingerprint density at radius 2 is 2.25 bits per heavy atom. The van der Waals surface area contributed by atoms with Crippen molar-refractivity contribution in [1.29, 1.82) is 0 Å². The van der Waals surface area contributed by atoms with E-state index < -0.39 is 0 Å². The van der Waals surface area contributed by atoms with E-state index in [1.807, 2.05) is 6.92 Å². The first-order chi connectivity index (χ1) is 7.63. The van der Waals surface area contributed by atoms with Crippen molar-refractivity contribution >= 4 is 0 Å². The van der Waals surface area contributed by atoms with Gasteiger partial charge in [0.1, 0.15) is 5.75 Å². The predicted octanol–water partition coefficient (Wildman–Crippen LogP) is 1.47. The van der Waals surface area contributed by atoms with Crippen molar-refractivity contribution in [1.82, 2.24) is 10.3 Å². The zero-order valence-electron chi connectivity index (χ0n) is 10.2. The minimum Gasteiger partial charge on any atom is -0.506 e. The van der Waals surface area contributed by atoms with Crippen molar-refractivity contribution < 1.29 is 9.84 Å². The largest absolute Gasteiger partial charge is 0.506 e. The fourth-order valence-electron chi connectivity index (χ4n) is 1.51. The highest BCUT2D eigenvalue weighted by Gasteiger charge is 2.04.